The predicted molar refractivity (Wildman–Crippen MR) is 94.3 cm³/mol. The Labute approximate surface area is 147 Å². The molecule has 2 heterocycles. The molecule has 5 heteroatoms. The van der Waals surface area contributed by atoms with Crippen molar-refractivity contribution in [2.75, 3.05) is 13.1 Å². The molecule has 2 aliphatic heterocycles. The van der Waals surface area contributed by atoms with Gasteiger partial charge in [-0.05, 0) is 44.2 Å². The first-order valence-corrected chi connectivity index (χ1v) is 9.07. The third-order valence-corrected chi connectivity index (χ3v) is 5.28. The van der Waals surface area contributed by atoms with Crippen LogP contribution in [0.5, 0.6) is 0 Å². The molecule has 0 radical (unpaired) electrons. The Hall–Kier alpha value is -2.30. The lowest BCUT2D eigenvalue weighted by Crippen LogP contribution is -2.41. The highest BCUT2D eigenvalue weighted by atomic mass is 19.1. The molecule has 4 nitrogen and oxygen atoms in total. The second-order valence-electron chi connectivity index (χ2n) is 6.97. The van der Waals surface area contributed by atoms with Crippen molar-refractivity contribution in [3.63, 3.8) is 0 Å². The molecule has 1 aromatic carbocycles. The van der Waals surface area contributed by atoms with Crippen molar-refractivity contribution in [3.8, 4) is 0 Å². The SMILES string of the molecule is O=C(CC1=CCCCC1)N1CC[C@H]2N=NC(c3ccccc3F)=C2C1. The number of amides is 1. The van der Waals surface area contributed by atoms with E-state index in [2.05, 4.69) is 16.3 Å². The van der Waals surface area contributed by atoms with E-state index < -0.39 is 0 Å². The smallest absolute Gasteiger partial charge is 0.226 e. The summed E-state index contributed by atoms with van der Waals surface area (Å²) in [6.07, 6.45) is 8.04. The van der Waals surface area contributed by atoms with Gasteiger partial charge in [0.2, 0.25) is 5.91 Å². The lowest BCUT2D eigenvalue weighted by atomic mass is 9.93. The summed E-state index contributed by atoms with van der Waals surface area (Å²) < 4.78 is 14.1. The van der Waals surface area contributed by atoms with Crippen LogP contribution in [0.25, 0.3) is 5.70 Å². The molecule has 0 N–H and O–H groups in total. The standard InChI is InChI=1S/C20H22FN3O/c21-17-9-5-4-8-15(17)20-16-13-24(11-10-18(16)22-23-20)19(25)12-14-6-2-1-3-7-14/h4-6,8-9,18H,1-3,7,10-13H2/t18-/m1/s1. The largest absolute Gasteiger partial charge is 0.338 e. The molecular formula is C20H22FN3O. The highest BCUT2D eigenvalue weighted by Gasteiger charge is 2.33. The van der Waals surface area contributed by atoms with Gasteiger partial charge in [0.1, 0.15) is 5.82 Å². The number of carbonyl (C=O) groups is 1. The average Bonchev–Trinajstić information content (AvgIpc) is 3.06. The Bertz CT molecular complexity index is 781. The van der Waals surface area contributed by atoms with Crippen LogP contribution in [-0.4, -0.2) is 29.9 Å². The molecule has 130 valence electrons. The van der Waals surface area contributed by atoms with E-state index in [4.69, 9.17) is 0 Å². The van der Waals surface area contributed by atoms with Crippen molar-refractivity contribution in [1.82, 2.24) is 4.90 Å². The van der Waals surface area contributed by atoms with E-state index in [0.717, 1.165) is 24.8 Å². The number of azo groups is 1. The summed E-state index contributed by atoms with van der Waals surface area (Å²) in [5.74, 6) is -0.126. The molecule has 0 spiro atoms. The number of halogens is 1. The van der Waals surface area contributed by atoms with E-state index in [-0.39, 0.29) is 17.8 Å². The summed E-state index contributed by atoms with van der Waals surface area (Å²) in [4.78, 5) is 14.6. The topological polar surface area (TPSA) is 45.0 Å². The third kappa shape index (κ3) is 3.28. The van der Waals surface area contributed by atoms with Crippen molar-refractivity contribution in [1.29, 1.82) is 0 Å². The molecule has 0 bridgehead atoms. The molecule has 3 aliphatic rings. The molecule has 0 saturated carbocycles. The Morgan fingerprint density at radius 2 is 2.16 bits per heavy atom. The molecule has 0 aromatic heterocycles. The minimum atomic E-state index is -0.291. The van der Waals surface area contributed by atoms with Gasteiger partial charge in [-0.15, -0.1) is 0 Å². The molecule has 25 heavy (non-hydrogen) atoms. The number of piperidine rings is 1. The van der Waals surface area contributed by atoms with Crippen LogP contribution in [0.4, 0.5) is 4.39 Å². The van der Waals surface area contributed by atoms with Gasteiger partial charge >= 0.3 is 0 Å². The second kappa shape index (κ2) is 6.90. The van der Waals surface area contributed by atoms with Gasteiger partial charge in [-0.1, -0.05) is 23.8 Å². The summed E-state index contributed by atoms with van der Waals surface area (Å²) >= 11 is 0. The fraction of sp³-hybridized carbons (Fsp3) is 0.450. The van der Waals surface area contributed by atoms with Gasteiger partial charge in [-0.25, -0.2) is 4.39 Å². The Morgan fingerprint density at radius 3 is 2.96 bits per heavy atom. The van der Waals surface area contributed by atoms with Crippen LogP contribution in [0.3, 0.4) is 0 Å². The number of hydrogen-bond donors (Lipinski definition) is 0. The Morgan fingerprint density at radius 1 is 1.28 bits per heavy atom. The quantitative estimate of drug-likeness (QED) is 0.748. The normalized spacial score (nSPS) is 22.8. The lowest BCUT2D eigenvalue weighted by molar-refractivity contribution is -0.130. The lowest BCUT2D eigenvalue weighted by Gasteiger charge is -2.31. The zero-order valence-corrected chi connectivity index (χ0v) is 14.2. The maximum Gasteiger partial charge on any atom is 0.226 e. The van der Waals surface area contributed by atoms with Gasteiger partial charge < -0.3 is 4.90 Å². The molecule has 0 unspecified atom stereocenters. The summed E-state index contributed by atoms with van der Waals surface area (Å²) in [6.45, 7) is 1.21. The van der Waals surface area contributed by atoms with Crippen molar-refractivity contribution in [2.45, 2.75) is 44.6 Å². The predicted octanol–water partition coefficient (Wildman–Crippen LogP) is 4.49. The average molecular weight is 339 g/mol. The van der Waals surface area contributed by atoms with E-state index in [9.17, 15) is 9.18 Å². The van der Waals surface area contributed by atoms with Gasteiger partial charge in [0.15, 0.2) is 0 Å². The first kappa shape index (κ1) is 16.2. The summed E-state index contributed by atoms with van der Waals surface area (Å²) in [5, 5.41) is 8.54. The van der Waals surface area contributed by atoms with Crippen molar-refractivity contribution < 1.29 is 9.18 Å². The molecule has 1 atom stereocenters. The van der Waals surface area contributed by atoms with Crippen molar-refractivity contribution in [3.05, 3.63) is 52.9 Å². The van der Waals surface area contributed by atoms with Gasteiger partial charge in [0, 0.05) is 30.6 Å². The highest BCUT2D eigenvalue weighted by Crippen LogP contribution is 2.36. The molecule has 1 fully saturated rings. The number of allylic oxidation sites excluding steroid dienone is 1. The van der Waals surface area contributed by atoms with Crippen LogP contribution in [0.1, 0.15) is 44.1 Å². The summed E-state index contributed by atoms with van der Waals surface area (Å²) in [7, 11) is 0. The first-order chi connectivity index (χ1) is 12.2. The fourth-order valence-electron chi connectivity index (χ4n) is 3.86. The molecule has 1 saturated heterocycles. The number of likely N-dealkylation sites (tertiary alicyclic amines) is 1. The summed E-state index contributed by atoms with van der Waals surface area (Å²) in [5.41, 5.74) is 3.33. The highest BCUT2D eigenvalue weighted by molar-refractivity contribution is 5.80. The van der Waals surface area contributed by atoms with E-state index >= 15 is 0 Å². The van der Waals surface area contributed by atoms with Crippen LogP contribution in [-0.2, 0) is 4.79 Å². The number of nitrogens with zero attached hydrogens (tertiary/aromatic N) is 3. The minimum Gasteiger partial charge on any atom is -0.338 e. The Balaban J connectivity index is 1.53. The van der Waals surface area contributed by atoms with Crippen LogP contribution < -0.4 is 0 Å². The number of benzene rings is 1. The minimum absolute atomic E-state index is 0.00690. The van der Waals surface area contributed by atoms with E-state index in [1.807, 2.05) is 4.90 Å². The zero-order chi connectivity index (χ0) is 17.2. The van der Waals surface area contributed by atoms with E-state index in [0.29, 0.717) is 30.8 Å². The van der Waals surface area contributed by atoms with Gasteiger partial charge in [-0.2, -0.15) is 10.2 Å². The van der Waals surface area contributed by atoms with Crippen LogP contribution in [0.15, 0.2) is 51.7 Å². The summed E-state index contributed by atoms with van der Waals surface area (Å²) in [6, 6.07) is 6.63. The fourth-order valence-corrected chi connectivity index (χ4v) is 3.86. The Kier molecular flexibility index (Phi) is 4.47. The number of rotatable bonds is 3. The number of fused-ring (bicyclic) bond motifs is 1. The van der Waals surface area contributed by atoms with E-state index in [1.165, 1.54) is 24.5 Å². The van der Waals surface area contributed by atoms with Crippen molar-refractivity contribution in [2.24, 2.45) is 10.2 Å². The molecule has 4 rings (SSSR count). The molecule has 1 aliphatic carbocycles. The van der Waals surface area contributed by atoms with E-state index in [1.54, 1.807) is 18.2 Å². The second-order valence-corrected chi connectivity index (χ2v) is 6.97. The van der Waals surface area contributed by atoms with Gasteiger partial charge in [0.25, 0.3) is 0 Å². The van der Waals surface area contributed by atoms with Gasteiger partial charge in [-0.3, -0.25) is 4.79 Å². The third-order valence-electron chi connectivity index (χ3n) is 5.28. The molecular weight excluding hydrogens is 317 g/mol. The molecule has 1 amide bonds. The maximum atomic E-state index is 14.1. The maximum absolute atomic E-state index is 14.1. The van der Waals surface area contributed by atoms with Crippen LogP contribution in [0, 0.1) is 5.82 Å². The first-order valence-electron chi connectivity index (χ1n) is 9.07. The zero-order valence-electron chi connectivity index (χ0n) is 14.2. The van der Waals surface area contributed by atoms with Crippen molar-refractivity contribution >= 4 is 11.6 Å². The van der Waals surface area contributed by atoms with Gasteiger partial charge in [0.05, 0.1) is 11.7 Å². The van der Waals surface area contributed by atoms with Crippen LogP contribution in [0.2, 0.25) is 0 Å². The number of carbonyl (C=O) groups excluding carboxylic acids is 1. The monoisotopic (exact) mass is 339 g/mol. The van der Waals surface area contributed by atoms with Crippen LogP contribution >= 0.6 is 0 Å². The molecule has 1 aromatic rings. The number of hydrogen-bond acceptors (Lipinski definition) is 3.